The van der Waals surface area contributed by atoms with Crippen molar-refractivity contribution in [3.8, 4) is 11.3 Å². The number of halogens is 1. The number of rotatable bonds is 6. The number of thioether (sulfide) groups is 1. The lowest BCUT2D eigenvalue weighted by Crippen LogP contribution is -2.36. The van der Waals surface area contributed by atoms with E-state index in [4.69, 9.17) is 5.73 Å². The van der Waals surface area contributed by atoms with Gasteiger partial charge in [0.25, 0.3) is 5.56 Å². The summed E-state index contributed by atoms with van der Waals surface area (Å²) < 4.78 is 15.0. The molecule has 4 rings (SSSR count). The Morgan fingerprint density at radius 2 is 2.04 bits per heavy atom. The molecule has 1 aliphatic rings. The van der Waals surface area contributed by atoms with Crippen LogP contribution in [0, 0.1) is 5.82 Å². The number of Topliss-reactive ketones (excluding diaryl/α,β-unsaturated/α-hetero) is 1. The van der Waals surface area contributed by atoms with Gasteiger partial charge in [0, 0.05) is 17.0 Å². The zero-order valence-electron chi connectivity index (χ0n) is 14.5. The van der Waals surface area contributed by atoms with Crippen molar-refractivity contribution in [2.45, 2.75) is 23.2 Å². The molecule has 3 N–H and O–H groups in total. The van der Waals surface area contributed by atoms with Crippen LogP contribution in [0.15, 0.2) is 43.6 Å². The summed E-state index contributed by atoms with van der Waals surface area (Å²) >= 11 is 2.53. The van der Waals surface area contributed by atoms with Crippen molar-refractivity contribution in [2.24, 2.45) is 0 Å². The number of aromatic amines is 1. The molecule has 0 amide bonds. The van der Waals surface area contributed by atoms with Crippen LogP contribution in [0.5, 0.6) is 0 Å². The molecule has 3 aromatic rings. The van der Waals surface area contributed by atoms with Crippen molar-refractivity contribution in [3.63, 3.8) is 0 Å². The van der Waals surface area contributed by atoms with Crippen molar-refractivity contribution in [2.75, 3.05) is 11.5 Å². The lowest BCUT2D eigenvalue weighted by molar-refractivity contribution is 0.102. The molecule has 2 aromatic heterocycles. The van der Waals surface area contributed by atoms with E-state index in [1.807, 2.05) is 5.38 Å². The van der Waals surface area contributed by atoms with Gasteiger partial charge in [-0.2, -0.15) is 0 Å². The molecule has 1 aliphatic carbocycles. The highest BCUT2D eigenvalue weighted by molar-refractivity contribution is 8.01. The van der Waals surface area contributed by atoms with E-state index in [2.05, 4.69) is 9.97 Å². The van der Waals surface area contributed by atoms with E-state index in [0.29, 0.717) is 10.0 Å². The van der Waals surface area contributed by atoms with E-state index in [-0.39, 0.29) is 29.0 Å². The molecule has 144 valence electrons. The van der Waals surface area contributed by atoms with Crippen molar-refractivity contribution in [1.29, 1.82) is 0 Å². The van der Waals surface area contributed by atoms with Crippen LogP contribution in [0.3, 0.4) is 0 Å². The molecule has 1 fully saturated rings. The SMILES string of the molecule is Nc1c(C(=O)CSc2nc(-c3ccc(F)cc3)cs2)c(=O)[nH]c(=O)n1C1CC1. The Labute approximate surface area is 166 Å². The minimum absolute atomic E-state index is 0.0352. The Balaban J connectivity index is 1.51. The third-order valence-corrected chi connectivity index (χ3v) is 6.34. The summed E-state index contributed by atoms with van der Waals surface area (Å²) in [4.78, 5) is 43.2. The topological polar surface area (TPSA) is 111 Å². The molecule has 0 atom stereocenters. The Hall–Kier alpha value is -2.72. The molecule has 2 heterocycles. The maximum atomic E-state index is 13.0. The summed E-state index contributed by atoms with van der Waals surface area (Å²) in [6.07, 6.45) is 1.59. The number of hydrogen-bond donors (Lipinski definition) is 2. The largest absolute Gasteiger partial charge is 0.384 e. The van der Waals surface area contributed by atoms with Crippen LogP contribution < -0.4 is 17.0 Å². The van der Waals surface area contributed by atoms with Crippen LogP contribution in [0.25, 0.3) is 11.3 Å². The van der Waals surface area contributed by atoms with E-state index in [1.165, 1.54) is 39.8 Å². The Morgan fingerprint density at radius 3 is 2.71 bits per heavy atom. The molecule has 1 aromatic carbocycles. The van der Waals surface area contributed by atoms with Crippen molar-refractivity contribution in [3.05, 3.63) is 61.9 Å². The molecule has 0 radical (unpaired) electrons. The van der Waals surface area contributed by atoms with Gasteiger partial charge in [0.2, 0.25) is 0 Å². The maximum absolute atomic E-state index is 13.0. The van der Waals surface area contributed by atoms with Crippen LogP contribution >= 0.6 is 23.1 Å². The van der Waals surface area contributed by atoms with E-state index in [9.17, 15) is 18.8 Å². The average molecular weight is 418 g/mol. The first-order valence-electron chi connectivity index (χ1n) is 8.46. The fourth-order valence-corrected chi connectivity index (χ4v) is 4.51. The summed E-state index contributed by atoms with van der Waals surface area (Å²) in [7, 11) is 0. The van der Waals surface area contributed by atoms with Crippen molar-refractivity contribution >= 4 is 34.7 Å². The van der Waals surface area contributed by atoms with Gasteiger partial charge in [0.05, 0.1) is 11.4 Å². The molecule has 1 saturated carbocycles. The number of carbonyl (C=O) groups is 1. The molecule has 0 saturated heterocycles. The van der Waals surface area contributed by atoms with E-state index >= 15 is 0 Å². The zero-order valence-corrected chi connectivity index (χ0v) is 16.1. The predicted molar refractivity (Wildman–Crippen MR) is 107 cm³/mol. The highest BCUT2D eigenvalue weighted by atomic mass is 32.2. The second kappa shape index (κ2) is 7.36. The molecule has 28 heavy (non-hydrogen) atoms. The maximum Gasteiger partial charge on any atom is 0.330 e. The minimum Gasteiger partial charge on any atom is -0.384 e. The fourth-order valence-electron chi connectivity index (χ4n) is 2.81. The highest BCUT2D eigenvalue weighted by Gasteiger charge is 2.30. The van der Waals surface area contributed by atoms with Gasteiger partial charge < -0.3 is 5.73 Å². The Morgan fingerprint density at radius 1 is 1.32 bits per heavy atom. The van der Waals surface area contributed by atoms with Crippen LogP contribution in [-0.4, -0.2) is 26.1 Å². The smallest absolute Gasteiger partial charge is 0.330 e. The van der Waals surface area contributed by atoms with Gasteiger partial charge in [-0.3, -0.25) is 19.1 Å². The Kier molecular flexibility index (Phi) is 4.90. The lowest BCUT2D eigenvalue weighted by Gasteiger charge is -2.10. The van der Waals surface area contributed by atoms with E-state index < -0.39 is 17.0 Å². The first-order valence-corrected chi connectivity index (χ1v) is 10.3. The first kappa shape index (κ1) is 18.6. The van der Waals surface area contributed by atoms with Crippen LogP contribution in [-0.2, 0) is 0 Å². The summed E-state index contributed by atoms with van der Waals surface area (Å²) in [5, 5.41) is 1.81. The second-order valence-electron chi connectivity index (χ2n) is 6.34. The van der Waals surface area contributed by atoms with Crippen LogP contribution in [0.4, 0.5) is 10.2 Å². The summed E-state index contributed by atoms with van der Waals surface area (Å²) in [6.45, 7) is 0. The van der Waals surface area contributed by atoms with Gasteiger partial charge in [0.15, 0.2) is 10.1 Å². The number of H-pyrrole nitrogens is 1. The number of nitrogens with two attached hydrogens (primary N) is 1. The van der Waals surface area contributed by atoms with Gasteiger partial charge in [-0.1, -0.05) is 11.8 Å². The number of ketones is 1. The molecule has 0 spiro atoms. The fraction of sp³-hybridized carbons (Fsp3) is 0.222. The quantitative estimate of drug-likeness (QED) is 0.470. The molecule has 0 bridgehead atoms. The zero-order chi connectivity index (χ0) is 19.8. The standard InChI is InChI=1S/C18H15FN4O3S2/c19-10-3-1-9(2-4-10)12-7-27-18(21-12)28-8-13(24)14-15(20)23(11-5-6-11)17(26)22-16(14)25/h1-4,7,11H,5-6,8,20H2,(H,22,25,26). The number of aromatic nitrogens is 3. The normalized spacial score (nSPS) is 13.6. The molecular weight excluding hydrogens is 403 g/mol. The molecule has 0 aliphatic heterocycles. The number of anilines is 1. The number of benzene rings is 1. The Bertz CT molecular complexity index is 1160. The summed E-state index contributed by atoms with van der Waals surface area (Å²) in [6, 6.07) is 5.92. The highest BCUT2D eigenvalue weighted by Crippen LogP contribution is 2.35. The molecule has 7 nitrogen and oxygen atoms in total. The monoisotopic (exact) mass is 418 g/mol. The van der Waals surface area contributed by atoms with Gasteiger partial charge in [-0.05, 0) is 37.1 Å². The van der Waals surface area contributed by atoms with E-state index in [1.54, 1.807) is 12.1 Å². The third-order valence-electron chi connectivity index (χ3n) is 4.32. The van der Waals surface area contributed by atoms with Crippen LogP contribution in [0.2, 0.25) is 0 Å². The number of thiazole rings is 1. The second-order valence-corrected chi connectivity index (χ2v) is 8.42. The number of hydrogen-bond acceptors (Lipinski definition) is 7. The number of nitrogens with zero attached hydrogens (tertiary/aromatic N) is 2. The molecular formula is C18H15FN4O3S2. The molecule has 10 heteroatoms. The van der Waals surface area contributed by atoms with Crippen molar-refractivity contribution in [1.82, 2.24) is 14.5 Å². The van der Waals surface area contributed by atoms with Crippen LogP contribution in [0.1, 0.15) is 29.2 Å². The molecule has 0 unspecified atom stereocenters. The number of nitrogens with one attached hydrogen (secondary N) is 1. The number of nitrogen functional groups attached to an aromatic ring is 1. The lowest BCUT2D eigenvalue weighted by atomic mass is 10.2. The third kappa shape index (κ3) is 3.65. The van der Waals surface area contributed by atoms with Gasteiger partial charge in [-0.25, -0.2) is 14.2 Å². The van der Waals surface area contributed by atoms with E-state index in [0.717, 1.165) is 18.4 Å². The summed E-state index contributed by atoms with van der Waals surface area (Å²) in [5.74, 6) is -0.897. The average Bonchev–Trinajstić information content (AvgIpc) is 3.36. The minimum atomic E-state index is -0.767. The summed E-state index contributed by atoms with van der Waals surface area (Å²) in [5.41, 5.74) is 5.87. The number of carbonyl (C=O) groups excluding carboxylic acids is 1. The van der Waals surface area contributed by atoms with Gasteiger partial charge in [0.1, 0.15) is 17.2 Å². The van der Waals surface area contributed by atoms with Crippen molar-refractivity contribution < 1.29 is 9.18 Å². The van der Waals surface area contributed by atoms with Gasteiger partial charge >= 0.3 is 5.69 Å². The van der Waals surface area contributed by atoms with Gasteiger partial charge in [-0.15, -0.1) is 11.3 Å². The first-order chi connectivity index (χ1) is 13.4. The predicted octanol–water partition coefficient (Wildman–Crippen LogP) is 2.69.